The van der Waals surface area contributed by atoms with Gasteiger partial charge in [-0.05, 0) is 17.2 Å². The van der Waals surface area contributed by atoms with E-state index in [1.54, 1.807) is 6.07 Å². The minimum atomic E-state index is -0.437. The molecule has 4 aromatic carbocycles. The Morgan fingerprint density at radius 1 is 0.733 bits per heavy atom. The van der Waals surface area contributed by atoms with E-state index in [1.807, 2.05) is 84.9 Å². The van der Waals surface area contributed by atoms with E-state index in [4.69, 9.17) is 15.3 Å². The van der Waals surface area contributed by atoms with Crippen LogP contribution in [0, 0.1) is 0 Å². The van der Waals surface area contributed by atoms with Crippen LogP contribution in [-0.4, -0.2) is 5.91 Å². The Kier molecular flexibility index (Phi) is 5.92. The molecule has 0 fully saturated rings. The Morgan fingerprint density at radius 2 is 1.27 bits per heavy atom. The van der Waals surface area contributed by atoms with Crippen LogP contribution in [0.15, 0.2) is 91.0 Å². The first kappa shape index (κ1) is 19.5. The zero-order chi connectivity index (χ0) is 20.8. The number of benzene rings is 4. The van der Waals surface area contributed by atoms with Gasteiger partial charge in [0.15, 0.2) is 0 Å². The highest BCUT2D eigenvalue weighted by molar-refractivity contribution is 6.05. The Morgan fingerprint density at radius 3 is 1.87 bits per heavy atom. The Bertz CT molecular complexity index is 1150. The molecule has 0 radical (unpaired) electrons. The Balaban J connectivity index is 1.73. The number of amides is 1. The van der Waals surface area contributed by atoms with Crippen molar-refractivity contribution in [3.05, 3.63) is 108 Å². The number of hydrazine groups is 1. The zero-order valence-electron chi connectivity index (χ0n) is 16.4. The molecule has 1 amide bonds. The SMILES string of the molecule is NNC(=O)c1cc(OCc2ccccc2)c2ccccc2c1OCc1ccccc1. The van der Waals surface area contributed by atoms with Crippen LogP contribution in [0.5, 0.6) is 11.5 Å². The van der Waals surface area contributed by atoms with Crippen molar-refractivity contribution in [2.75, 3.05) is 0 Å². The molecule has 0 saturated carbocycles. The zero-order valence-corrected chi connectivity index (χ0v) is 16.4. The van der Waals surface area contributed by atoms with Crippen molar-refractivity contribution in [1.29, 1.82) is 0 Å². The summed E-state index contributed by atoms with van der Waals surface area (Å²) in [5.74, 6) is 6.08. The molecule has 0 aliphatic heterocycles. The quantitative estimate of drug-likeness (QED) is 0.271. The third-order valence-electron chi connectivity index (χ3n) is 4.80. The van der Waals surface area contributed by atoms with Gasteiger partial charge in [0.05, 0.1) is 5.56 Å². The summed E-state index contributed by atoms with van der Waals surface area (Å²) in [6.45, 7) is 0.721. The van der Waals surface area contributed by atoms with Gasteiger partial charge in [0.1, 0.15) is 24.7 Å². The van der Waals surface area contributed by atoms with Crippen LogP contribution in [0.2, 0.25) is 0 Å². The van der Waals surface area contributed by atoms with Crippen molar-refractivity contribution in [3.63, 3.8) is 0 Å². The molecule has 0 aliphatic rings. The fourth-order valence-electron chi connectivity index (χ4n) is 3.30. The number of nitrogens with one attached hydrogen (secondary N) is 1. The van der Waals surface area contributed by atoms with E-state index < -0.39 is 5.91 Å². The number of nitrogen functional groups attached to an aromatic ring is 1. The van der Waals surface area contributed by atoms with E-state index in [1.165, 1.54) is 0 Å². The van der Waals surface area contributed by atoms with Gasteiger partial charge >= 0.3 is 0 Å². The summed E-state index contributed by atoms with van der Waals surface area (Å²) in [5, 5.41) is 1.66. The van der Waals surface area contributed by atoms with Crippen LogP contribution >= 0.6 is 0 Å². The molecule has 5 nitrogen and oxygen atoms in total. The smallest absolute Gasteiger partial charge is 0.269 e. The van der Waals surface area contributed by atoms with E-state index in [0.717, 1.165) is 21.9 Å². The average molecular weight is 398 g/mol. The summed E-state index contributed by atoms with van der Waals surface area (Å²) < 4.78 is 12.2. The standard InChI is InChI=1S/C25H22N2O3/c26-27-25(28)22-15-23(29-16-18-9-3-1-4-10-18)20-13-7-8-14-21(20)24(22)30-17-19-11-5-2-6-12-19/h1-15H,16-17,26H2,(H,27,28). The molecule has 0 saturated heterocycles. The van der Waals surface area contributed by atoms with Crippen molar-refractivity contribution < 1.29 is 14.3 Å². The maximum atomic E-state index is 12.5. The minimum absolute atomic E-state index is 0.329. The number of ether oxygens (including phenoxy) is 2. The van der Waals surface area contributed by atoms with Crippen molar-refractivity contribution in [3.8, 4) is 11.5 Å². The predicted octanol–water partition coefficient (Wildman–Crippen LogP) is 4.60. The minimum Gasteiger partial charge on any atom is -0.488 e. The topological polar surface area (TPSA) is 73.6 Å². The number of fused-ring (bicyclic) bond motifs is 1. The number of hydrogen-bond acceptors (Lipinski definition) is 4. The normalized spacial score (nSPS) is 10.6. The Hall–Kier alpha value is -3.83. The van der Waals surface area contributed by atoms with Crippen LogP contribution in [-0.2, 0) is 13.2 Å². The van der Waals surface area contributed by atoms with Gasteiger partial charge in [-0.3, -0.25) is 10.2 Å². The number of rotatable bonds is 7. The summed E-state index contributed by atoms with van der Waals surface area (Å²) >= 11 is 0. The third kappa shape index (κ3) is 4.26. The van der Waals surface area contributed by atoms with Crippen LogP contribution < -0.4 is 20.7 Å². The molecular weight excluding hydrogens is 376 g/mol. The van der Waals surface area contributed by atoms with E-state index in [0.29, 0.717) is 30.3 Å². The van der Waals surface area contributed by atoms with Gasteiger partial charge < -0.3 is 9.47 Å². The van der Waals surface area contributed by atoms with Crippen molar-refractivity contribution in [2.45, 2.75) is 13.2 Å². The molecule has 5 heteroatoms. The summed E-state index contributed by atoms with van der Waals surface area (Å²) in [7, 11) is 0. The molecule has 150 valence electrons. The maximum Gasteiger partial charge on any atom is 0.269 e. The summed E-state index contributed by atoms with van der Waals surface area (Å²) in [6.07, 6.45) is 0. The lowest BCUT2D eigenvalue weighted by molar-refractivity contribution is 0.0949. The molecule has 3 N–H and O–H groups in total. The molecule has 4 aromatic rings. The van der Waals surface area contributed by atoms with Gasteiger partial charge in [-0.15, -0.1) is 0 Å². The van der Waals surface area contributed by atoms with E-state index in [-0.39, 0.29) is 0 Å². The first-order valence-electron chi connectivity index (χ1n) is 9.66. The molecule has 0 spiro atoms. The fraction of sp³-hybridized carbons (Fsp3) is 0.0800. The van der Waals surface area contributed by atoms with Crippen LogP contribution in [0.4, 0.5) is 0 Å². The number of carbonyl (C=O) groups is 1. The number of hydrogen-bond donors (Lipinski definition) is 2. The lowest BCUT2D eigenvalue weighted by Crippen LogP contribution is -2.30. The van der Waals surface area contributed by atoms with Crippen molar-refractivity contribution >= 4 is 16.7 Å². The molecule has 0 aliphatic carbocycles. The fourth-order valence-corrected chi connectivity index (χ4v) is 3.30. The van der Waals surface area contributed by atoms with Crippen LogP contribution in [0.3, 0.4) is 0 Å². The first-order chi connectivity index (χ1) is 14.8. The lowest BCUT2D eigenvalue weighted by atomic mass is 10.0. The molecule has 0 unspecified atom stereocenters. The van der Waals surface area contributed by atoms with Crippen LogP contribution in [0.25, 0.3) is 10.8 Å². The highest BCUT2D eigenvalue weighted by atomic mass is 16.5. The molecular formula is C25H22N2O3. The second-order valence-electron chi connectivity index (χ2n) is 6.82. The van der Waals surface area contributed by atoms with E-state index in [2.05, 4.69) is 5.43 Å². The maximum absolute atomic E-state index is 12.5. The van der Waals surface area contributed by atoms with Gasteiger partial charge in [0.25, 0.3) is 5.91 Å². The summed E-state index contributed by atoms with van der Waals surface area (Å²) in [6, 6.07) is 29.1. The predicted molar refractivity (Wildman–Crippen MR) is 117 cm³/mol. The van der Waals surface area contributed by atoms with E-state index in [9.17, 15) is 4.79 Å². The summed E-state index contributed by atoms with van der Waals surface area (Å²) in [5.41, 5.74) is 4.58. The molecule has 0 bridgehead atoms. The summed E-state index contributed by atoms with van der Waals surface area (Å²) in [4.78, 5) is 12.5. The second-order valence-corrected chi connectivity index (χ2v) is 6.82. The van der Waals surface area contributed by atoms with Crippen molar-refractivity contribution in [2.24, 2.45) is 5.84 Å². The first-order valence-corrected chi connectivity index (χ1v) is 9.66. The molecule has 0 aromatic heterocycles. The van der Waals surface area contributed by atoms with Gasteiger partial charge in [0, 0.05) is 10.8 Å². The second kappa shape index (κ2) is 9.11. The lowest BCUT2D eigenvalue weighted by Gasteiger charge is -2.17. The molecule has 0 atom stereocenters. The van der Waals surface area contributed by atoms with Crippen LogP contribution in [0.1, 0.15) is 21.5 Å². The molecule has 30 heavy (non-hydrogen) atoms. The molecule has 0 heterocycles. The van der Waals surface area contributed by atoms with Gasteiger partial charge in [-0.1, -0.05) is 84.9 Å². The average Bonchev–Trinajstić information content (AvgIpc) is 2.82. The number of nitrogens with two attached hydrogens (primary N) is 1. The van der Waals surface area contributed by atoms with E-state index >= 15 is 0 Å². The monoisotopic (exact) mass is 398 g/mol. The highest BCUT2D eigenvalue weighted by Gasteiger charge is 2.19. The highest BCUT2D eigenvalue weighted by Crippen LogP contribution is 2.37. The number of carbonyl (C=O) groups excluding carboxylic acids is 1. The van der Waals surface area contributed by atoms with Gasteiger partial charge in [-0.2, -0.15) is 0 Å². The van der Waals surface area contributed by atoms with Crippen molar-refractivity contribution in [1.82, 2.24) is 5.43 Å². The largest absolute Gasteiger partial charge is 0.488 e. The van der Waals surface area contributed by atoms with Gasteiger partial charge in [-0.25, -0.2) is 5.84 Å². The third-order valence-corrected chi connectivity index (χ3v) is 4.80. The Labute approximate surface area is 175 Å². The van der Waals surface area contributed by atoms with Gasteiger partial charge in [0.2, 0.25) is 0 Å². The molecule has 4 rings (SSSR count).